The summed E-state index contributed by atoms with van der Waals surface area (Å²) in [6.07, 6.45) is 3.06. The molecule has 0 saturated carbocycles. The van der Waals surface area contributed by atoms with Crippen molar-refractivity contribution in [3.8, 4) is 17.2 Å². The zero-order valence-corrected chi connectivity index (χ0v) is 13.5. The predicted octanol–water partition coefficient (Wildman–Crippen LogP) is 2.26. The number of halogens is 1. The van der Waals surface area contributed by atoms with Crippen LogP contribution in [0, 0.1) is 0 Å². The summed E-state index contributed by atoms with van der Waals surface area (Å²) in [6, 6.07) is 4.77. The summed E-state index contributed by atoms with van der Waals surface area (Å²) in [4.78, 5) is 14.6. The van der Waals surface area contributed by atoms with Crippen LogP contribution in [0.1, 0.15) is 16.1 Å². The Bertz CT molecular complexity index is 687. The van der Waals surface area contributed by atoms with Crippen LogP contribution in [0.2, 0.25) is 0 Å². The molecule has 1 heterocycles. The second kappa shape index (κ2) is 6.99. The van der Waals surface area contributed by atoms with Crippen molar-refractivity contribution >= 4 is 28.1 Å². The van der Waals surface area contributed by atoms with Crippen molar-refractivity contribution in [2.75, 3.05) is 14.2 Å². The van der Waals surface area contributed by atoms with Crippen molar-refractivity contribution in [2.45, 2.75) is 0 Å². The molecule has 0 aliphatic heterocycles. The molecular weight excluding hydrogens is 354 g/mol. The maximum atomic E-state index is 11.8. The van der Waals surface area contributed by atoms with E-state index in [1.807, 2.05) is 0 Å². The number of phenolic OH excluding ortho intramolecular Hbond substituents is 1. The van der Waals surface area contributed by atoms with E-state index in [9.17, 15) is 9.90 Å². The first-order valence-electron chi connectivity index (χ1n) is 6.17. The third-order valence-electron chi connectivity index (χ3n) is 2.77. The lowest BCUT2D eigenvalue weighted by atomic mass is 10.2. The van der Waals surface area contributed by atoms with Crippen LogP contribution in [0.5, 0.6) is 17.2 Å². The molecule has 1 amide bonds. The number of aromatic nitrogens is 1. The molecule has 0 spiro atoms. The molecule has 1 aromatic heterocycles. The average molecular weight is 368 g/mol. The van der Waals surface area contributed by atoms with Crippen molar-refractivity contribution < 1.29 is 19.4 Å². The zero-order valence-electron chi connectivity index (χ0n) is 11.9. The van der Waals surface area contributed by atoms with Crippen LogP contribution in [-0.2, 0) is 0 Å². The van der Waals surface area contributed by atoms with Gasteiger partial charge >= 0.3 is 0 Å². The fourth-order valence-electron chi connectivity index (χ4n) is 1.71. The summed E-state index contributed by atoms with van der Waals surface area (Å²) in [5.74, 6) is 0.0305. The molecule has 0 unspecified atom stereocenters. The molecular formula is C14H14BrN3O4. The Morgan fingerprint density at radius 3 is 2.45 bits per heavy atom. The van der Waals surface area contributed by atoms with Gasteiger partial charge in [0.2, 0.25) is 5.75 Å². The lowest BCUT2D eigenvalue weighted by molar-refractivity contribution is 0.0951. The summed E-state index contributed by atoms with van der Waals surface area (Å²) in [6.45, 7) is 0. The number of rotatable bonds is 5. The minimum atomic E-state index is -0.375. The van der Waals surface area contributed by atoms with Gasteiger partial charge in [-0.2, -0.15) is 5.10 Å². The quantitative estimate of drug-likeness (QED) is 0.557. The highest BCUT2D eigenvalue weighted by Gasteiger charge is 2.10. The standard InChI is InChI=1S/C14H14BrN3O4/c1-21-11-3-8(4-12(22-2)13(11)19)6-17-18-14(20)10-5-9(15)7-16-10/h3-7,16,19H,1-2H3,(H,18,20)/b17-6+. The molecule has 0 atom stereocenters. The van der Waals surface area contributed by atoms with Crippen LogP contribution in [-0.4, -0.2) is 36.4 Å². The number of H-pyrrole nitrogens is 1. The van der Waals surface area contributed by atoms with E-state index in [1.54, 1.807) is 24.4 Å². The van der Waals surface area contributed by atoms with E-state index in [-0.39, 0.29) is 23.2 Å². The third-order valence-corrected chi connectivity index (χ3v) is 3.23. The fourth-order valence-corrected chi connectivity index (χ4v) is 2.06. The molecule has 1 aromatic carbocycles. The zero-order chi connectivity index (χ0) is 16.1. The van der Waals surface area contributed by atoms with Gasteiger partial charge in [0.05, 0.1) is 20.4 Å². The number of hydrazone groups is 1. The molecule has 0 fully saturated rings. The maximum Gasteiger partial charge on any atom is 0.287 e. The lowest BCUT2D eigenvalue weighted by Crippen LogP contribution is -2.17. The summed E-state index contributed by atoms with van der Waals surface area (Å²) in [7, 11) is 2.86. The number of aromatic amines is 1. The van der Waals surface area contributed by atoms with E-state index in [1.165, 1.54) is 20.4 Å². The van der Waals surface area contributed by atoms with Gasteiger partial charge in [-0.3, -0.25) is 4.79 Å². The summed E-state index contributed by atoms with van der Waals surface area (Å²) < 4.78 is 10.8. The average Bonchev–Trinajstić information content (AvgIpc) is 2.95. The molecule has 0 radical (unpaired) electrons. The predicted molar refractivity (Wildman–Crippen MR) is 84.8 cm³/mol. The first kappa shape index (κ1) is 15.9. The largest absolute Gasteiger partial charge is 0.502 e. The molecule has 0 aliphatic carbocycles. The Morgan fingerprint density at radius 2 is 1.95 bits per heavy atom. The second-order valence-electron chi connectivity index (χ2n) is 4.20. The van der Waals surface area contributed by atoms with Crippen LogP contribution >= 0.6 is 15.9 Å². The van der Waals surface area contributed by atoms with E-state index in [0.717, 1.165) is 4.47 Å². The Morgan fingerprint density at radius 1 is 1.32 bits per heavy atom. The van der Waals surface area contributed by atoms with Gasteiger partial charge in [-0.15, -0.1) is 0 Å². The molecule has 116 valence electrons. The Kier molecular flexibility index (Phi) is 5.05. The summed E-state index contributed by atoms with van der Waals surface area (Å²) >= 11 is 3.24. The minimum absolute atomic E-state index is 0.0950. The van der Waals surface area contributed by atoms with Gasteiger partial charge in [0.1, 0.15) is 5.69 Å². The van der Waals surface area contributed by atoms with E-state index in [0.29, 0.717) is 11.3 Å². The van der Waals surface area contributed by atoms with Crippen molar-refractivity contribution in [2.24, 2.45) is 5.10 Å². The molecule has 3 N–H and O–H groups in total. The normalized spacial score (nSPS) is 10.7. The van der Waals surface area contributed by atoms with Crippen molar-refractivity contribution in [1.82, 2.24) is 10.4 Å². The van der Waals surface area contributed by atoms with Gasteiger partial charge in [0.25, 0.3) is 5.91 Å². The first-order chi connectivity index (χ1) is 10.5. The van der Waals surface area contributed by atoms with E-state index >= 15 is 0 Å². The number of nitrogens with one attached hydrogen (secondary N) is 2. The Hall–Kier alpha value is -2.48. The van der Waals surface area contributed by atoms with Crippen LogP contribution in [0.25, 0.3) is 0 Å². The monoisotopic (exact) mass is 367 g/mol. The number of carbonyl (C=O) groups excluding carboxylic acids is 1. The summed E-state index contributed by atoms with van der Waals surface area (Å²) in [5, 5.41) is 13.7. The highest BCUT2D eigenvalue weighted by molar-refractivity contribution is 9.10. The number of ether oxygens (including phenoxy) is 2. The summed E-state index contributed by atoms with van der Waals surface area (Å²) in [5.41, 5.74) is 3.36. The number of methoxy groups -OCH3 is 2. The number of hydrogen-bond donors (Lipinski definition) is 3. The molecule has 0 aliphatic rings. The van der Waals surface area contributed by atoms with E-state index in [2.05, 4.69) is 31.4 Å². The van der Waals surface area contributed by atoms with Crippen LogP contribution < -0.4 is 14.9 Å². The van der Waals surface area contributed by atoms with E-state index in [4.69, 9.17) is 9.47 Å². The number of carbonyl (C=O) groups is 1. The highest BCUT2D eigenvalue weighted by atomic mass is 79.9. The molecule has 7 nitrogen and oxygen atoms in total. The van der Waals surface area contributed by atoms with Crippen molar-refractivity contribution in [3.63, 3.8) is 0 Å². The van der Waals surface area contributed by atoms with Gasteiger partial charge in [0.15, 0.2) is 11.5 Å². The Balaban J connectivity index is 2.11. The molecule has 22 heavy (non-hydrogen) atoms. The van der Waals surface area contributed by atoms with Crippen LogP contribution in [0.15, 0.2) is 34.0 Å². The van der Waals surface area contributed by atoms with Gasteiger partial charge < -0.3 is 19.6 Å². The molecule has 0 bridgehead atoms. The first-order valence-corrected chi connectivity index (χ1v) is 6.96. The molecule has 2 aromatic rings. The topological polar surface area (TPSA) is 95.9 Å². The molecule has 8 heteroatoms. The van der Waals surface area contributed by atoms with Crippen molar-refractivity contribution in [3.05, 3.63) is 40.1 Å². The minimum Gasteiger partial charge on any atom is -0.502 e. The Labute approximate surface area is 135 Å². The maximum absolute atomic E-state index is 11.8. The number of nitrogens with zero attached hydrogens (tertiary/aromatic N) is 1. The van der Waals surface area contributed by atoms with Gasteiger partial charge in [-0.05, 0) is 34.1 Å². The SMILES string of the molecule is COc1cc(/C=N/NC(=O)c2cc(Br)c[nH]2)cc(OC)c1O. The van der Waals surface area contributed by atoms with Gasteiger partial charge in [-0.1, -0.05) is 0 Å². The smallest absolute Gasteiger partial charge is 0.287 e. The molecule has 0 saturated heterocycles. The van der Waals surface area contributed by atoms with Gasteiger partial charge in [0, 0.05) is 16.2 Å². The lowest BCUT2D eigenvalue weighted by Gasteiger charge is -2.09. The molecule has 2 rings (SSSR count). The number of phenols is 1. The van der Waals surface area contributed by atoms with E-state index < -0.39 is 0 Å². The van der Waals surface area contributed by atoms with Crippen LogP contribution in [0.4, 0.5) is 0 Å². The highest BCUT2D eigenvalue weighted by Crippen LogP contribution is 2.36. The number of amides is 1. The fraction of sp³-hybridized carbons (Fsp3) is 0.143. The number of hydrogen-bond acceptors (Lipinski definition) is 5. The van der Waals surface area contributed by atoms with Crippen LogP contribution in [0.3, 0.4) is 0 Å². The van der Waals surface area contributed by atoms with Crippen molar-refractivity contribution in [1.29, 1.82) is 0 Å². The number of benzene rings is 1. The second-order valence-corrected chi connectivity index (χ2v) is 5.12. The van der Waals surface area contributed by atoms with Gasteiger partial charge in [-0.25, -0.2) is 5.43 Å². The number of aromatic hydroxyl groups is 1. The third kappa shape index (κ3) is 3.59.